The zero-order valence-electron chi connectivity index (χ0n) is 7.31. The summed E-state index contributed by atoms with van der Waals surface area (Å²) in [5, 5.41) is 1.04. The van der Waals surface area contributed by atoms with E-state index < -0.39 is 0 Å². The van der Waals surface area contributed by atoms with Crippen LogP contribution in [-0.4, -0.2) is 5.33 Å². The molecule has 0 aliphatic heterocycles. The second kappa shape index (κ2) is 4.51. The lowest BCUT2D eigenvalue weighted by molar-refractivity contribution is 0.940. The van der Waals surface area contributed by atoms with Gasteiger partial charge in [-0.15, -0.1) is 0 Å². The third-order valence-corrected chi connectivity index (χ3v) is 2.55. The number of nitrogens with two attached hydrogens (primary N) is 1. The molecule has 0 fully saturated rings. The first-order valence-electron chi connectivity index (χ1n) is 4.15. The molecule has 0 aliphatic rings. The van der Waals surface area contributed by atoms with Gasteiger partial charge in [0.05, 0.1) is 0 Å². The number of alkyl halides is 1. The van der Waals surface area contributed by atoms with Crippen molar-refractivity contribution < 1.29 is 0 Å². The number of anilines is 1. The molecule has 0 aliphatic carbocycles. The van der Waals surface area contributed by atoms with Crippen molar-refractivity contribution in [2.45, 2.75) is 19.8 Å². The average Bonchev–Trinajstić information content (AvgIpc) is 2.08. The smallest absolute Gasteiger partial charge is 0.0376 e. The summed E-state index contributed by atoms with van der Waals surface area (Å²) in [6.45, 7) is 2.05. The summed E-state index contributed by atoms with van der Waals surface area (Å²) in [4.78, 5) is 0. The van der Waals surface area contributed by atoms with Crippen molar-refractivity contribution >= 4 is 21.6 Å². The molecular formula is C10H14BrN. The van der Waals surface area contributed by atoms with E-state index in [1.54, 1.807) is 0 Å². The monoisotopic (exact) mass is 227 g/mol. The van der Waals surface area contributed by atoms with Gasteiger partial charge in [-0.25, -0.2) is 0 Å². The summed E-state index contributed by atoms with van der Waals surface area (Å²) < 4.78 is 0. The Morgan fingerprint density at radius 2 is 2.17 bits per heavy atom. The highest BCUT2D eigenvalue weighted by molar-refractivity contribution is 9.09. The fourth-order valence-electron chi connectivity index (χ4n) is 1.22. The number of nitrogen functional groups attached to an aromatic ring is 1. The average molecular weight is 228 g/mol. The van der Waals surface area contributed by atoms with E-state index in [-0.39, 0.29) is 0 Å². The van der Waals surface area contributed by atoms with Crippen LogP contribution in [0.25, 0.3) is 0 Å². The van der Waals surface area contributed by atoms with Crippen molar-refractivity contribution in [3.8, 4) is 0 Å². The van der Waals surface area contributed by atoms with E-state index >= 15 is 0 Å². The summed E-state index contributed by atoms with van der Waals surface area (Å²) in [6, 6.07) is 6.22. The molecule has 0 saturated carbocycles. The van der Waals surface area contributed by atoms with Gasteiger partial charge in [0.1, 0.15) is 0 Å². The molecule has 2 N–H and O–H groups in total. The third-order valence-electron chi connectivity index (χ3n) is 1.99. The van der Waals surface area contributed by atoms with Crippen LogP contribution in [0.3, 0.4) is 0 Å². The highest BCUT2D eigenvalue weighted by Gasteiger charge is 1.99. The zero-order valence-corrected chi connectivity index (χ0v) is 8.89. The number of halogens is 1. The Balaban J connectivity index is 2.78. The highest BCUT2D eigenvalue weighted by atomic mass is 79.9. The van der Waals surface area contributed by atoms with Gasteiger partial charge >= 0.3 is 0 Å². The number of benzene rings is 1. The quantitative estimate of drug-likeness (QED) is 0.624. The molecule has 0 atom stereocenters. The Morgan fingerprint density at radius 3 is 2.83 bits per heavy atom. The minimum atomic E-state index is 0.957. The van der Waals surface area contributed by atoms with Crippen molar-refractivity contribution in [2.24, 2.45) is 0 Å². The van der Waals surface area contributed by atoms with Crippen molar-refractivity contribution in [2.75, 3.05) is 11.1 Å². The van der Waals surface area contributed by atoms with E-state index in [0.29, 0.717) is 0 Å². The first kappa shape index (κ1) is 9.59. The molecule has 1 nitrogen and oxygen atoms in total. The van der Waals surface area contributed by atoms with Crippen molar-refractivity contribution in [1.82, 2.24) is 0 Å². The van der Waals surface area contributed by atoms with Crippen molar-refractivity contribution in [1.29, 1.82) is 0 Å². The molecule has 0 aromatic heterocycles. The highest BCUT2D eigenvalue weighted by Crippen LogP contribution is 2.17. The van der Waals surface area contributed by atoms with Gasteiger partial charge in [-0.1, -0.05) is 34.1 Å². The van der Waals surface area contributed by atoms with E-state index in [1.807, 2.05) is 13.0 Å². The molecule has 1 aromatic rings. The van der Waals surface area contributed by atoms with E-state index in [4.69, 9.17) is 5.73 Å². The number of hydrogen-bond acceptors (Lipinski definition) is 1. The second-order valence-corrected chi connectivity index (χ2v) is 3.73. The van der Waals surface area contributed by atoms with Gasteiger partial charge in [-0.2, -0.15) is 0 Å². The molecule has 66 valence electrons. The topological polar surface area (TPSA) is 26.0 Å². The largest absolute Gasteiger partial charge is 0.398 e. The maximum Gasteiger partial charge on any atom is 0.0376 e. The van der Waals surface area contributed by atoms with E-state index in [9.17, 15) is 0 Å². The maximum absolute atomic E-state index is 5.91. The van der Waals surface area contributed by atoms with Gasteiger partial charge in [0.15, 0.2) is 0 Å². The first-order valence-corrected chi connectivity index (χ1v) is 5.27. The van der Waals surface area contributed by atoms with Crippen molar-refractivity contribution in [3.63, 3.8) is 0 Å². The van der Waals surface area contributed by atoms with Crippen molar-refractivity contribution in [3.05, 3.63) is 29.3 Å². The first-order chi connectivity index (χ1) is 5.75. The van der Waals surface area contributed by atoms with Crippen LogP contribution in [0.15, 0.2) is 18.2 Å². The predicted octanol–water partition coefficient (Wildman–Crippen LogP) is 2.90. The molecule has 0 amide bonds. The van der Waals surface area contributed by atoms with Crippen LogP contribution in [0, 0.1) is 6.92 Å². The zero-order chi connectivity index (χ0) is 8.97. The lowest BCUT2D eigenvalue weighted by Gasteiger charge is -2.06. The summed E-state index contributed by atoms with van der Waals surface area (Å²) in [5.41, 5.74) is 9.32. The molecular weight excluding hydrogens is 214 g/mol. The number of para-hydroxylation sites is 1. The van der Waals surface area contributed by atoms with Crippen LogP contribution in [0.2, 0.25) is 0 Å². The van der Waals surface area contributed by atoms with E-state index in [0.717, 1.165) is 23.9 Å². The molecule has 0 spiro atoms. The van der Waals surface area contributed by atoms with Crippen LogP contribution < -0.4 is 5.73 Å². The predicted molar refractivity (Wildman–Crippen MR) is 57.7 cm³/mol. The molecule has 0 bridgehead atoms. The SMILES string of the molecule is Cc1cccc(CCCBr)c1N. The van der Waals surface area contributed by atoms with Gasteiger partial charge in [-0.3, -0.25) is 0 Å². The molecule has 2 heteroatoms. The Bertz CT molecular complexity index is 258. The van der Waals surface area contributed by atoms with E-state index in [2.05, 4.69) is 28.1 Å². The minimum absolute atomic E-state index is 0.957. The summed E-state index contributed by atoms with van der Waals surface area (Å²) in [5.74, 6) is 0. The Labute approximate surface area is 82.1 Å². The maximum atomic E-state index is 5.91. The van der Waals surface area contributed by atoms with Crippen LogP contribution in [0.5, 0.6) is 0 Å². The lowest BCUT2D eigenvalue weighted by Crippen LogP contribution is -1.97. The van der Waals surface area contributed by atoms with Gasteiger partial charge in [0.2, 0.25) is 0 Å². The standard InChI is InChI=1S/C10H14BrN/c1-8-4-2-5-9(10(8)12)6-3-7-11/h2,4-5H,3,6-7,12H2,1H3. The molecule has 0 unspecified atom stereocenters. The Hall–Kier alpha value is -0.500. The molecule has 0 heterocycles. The molecule has 12 heavy (non-hydrogen) atoms. The number of hydrogen-bond donors (Lipinski definition) is 1. The Kier molecular flexibility index (Phi) is 3.60. The molecule has 0 saturated heterocycles. The summed E-state index contributed by atoms with van der Waals surface area (Å²) in [6.07, 6.45) is 2.21. The molecule has 1 rings (SSSR count). The summed E-state index contributed by atoms with van der Waals surface area (Å²) >= 11 is 3.41. The normalized spacial score (nSPS) is 10.2. The lowest BCUT2D eigenvalue weighted by atomic mass is 10.0. The van der Waals surface area contributed by atoms with Gasteiger partial charge in [0.25, 0.3) is 0 Å². The van der Waals surface area contributed by atoms with Crippen LogP contribution in [0.4, 0.5) is 5.69 Å². The molecule has 0 radical (unpaired) electrons. The van der Waals surface area contributed by atoms with Crippen LogP contribution in [-0.2, 0) is 6.42 Å². The number of aryl methyl sites for hydroxylation is 2. The molecule has 1 aromatic carbocycles. The second-order valence-electron chi connectivity index (χ2n) is 2.94. The van der Waals surface area contributed by atoms with Crippen LogP contribution >= 0.6 is 15.9 Å². The summed E-state index contributed by atoms with van der Waals surface area (Å²) in [7, 11) is 0. The van der Waals surface area contributed by atoms with Gasteiger partial charge < -0.3 is 5.73 Å². The fraction of sp³-hybridized carbons (Fsp3) is 0.400. The van der Waals surface area contributed by atoms with Gasteiger partial charge in [-0.05, 0) is 30.9 Å². The fourth-order valence-corrected chi connectivity index (χ4v) is 1.50. The minimum Gasteiger partial charge on any atom is -0.398 e. The third kappa shape index (κ3) is 2.24. The number of rotatable bonds is 3. The van der Waals surface area contributed by atoms with E-state index in [1.165, 1.54) is 11.1 Å². The van der Waals surface area contributed by atoms with Gasteiger partial charge in [0, 0.05) is 11.0 Å². The Morgan fingerprint density at radius 1 is 1.42 bits per heavy atom. The van der Waals surface area contributed by atoms with Crippen LogP contribution in [0.1, 0.15) is 17.5 Å².